The second-order valence-corrected chi connectivity index (χ2v) is 3.63. The number of aliphatic hydroxyl groups is 1. The van der Waals surface area contributed by atoms with Gasteiger partial charge >= 0.3 is 0 Å². The summed E-state index contributed by atoms with van der Waals surface area (Å²) in [6.07, 6.45) is 6.04. The van der Waals surface area contributed by atoms with Crippen LogP contribution in [0.2, 0.25) is 0 Å². The summed E-state index contributed by atoms with van der Waals surface area (Å²) in [4.78, 5) is 3.03. The molecule has 0 saturated heterocycles. The minimum atomic E-state index is 0.285. The Morgan fingerprint density at radius 3 is 3.00 bits per heavy atom. The van der Waals surface area contributed by atoms with Gasteiger partial charge in [0.1, 0.15) is 0 Å². The molecule has 1 rings (SSSR count). The number of hydrogen-bond acceptors (Lipinski definition) is 2. The van der Waals surface area contributed by atoms with Crippen LogP contribution >= 0.6 is 0 Å². The normalized spacial score (nSPS) is 13.0. The lowest BCUT2D eigenvalue weighted by molar-refractivity contribution is 0.219. The molecule has 0 amide bonds. The van der Waals surface area contributed by atoms with Gasteiger partial charge in [-0.2, -0.15) is 0 Å². The quantitative estimate of drug-likeness (QED) is 0.573. The molecule has 1 aromatic rings. The van der Waals surface area contributed by atoms with Crippen LogP contribution in [0.4, 0.5) is 0 Å². The van der Waals surface area contributed by atoms with Crippen molar-refractivity contribution in [2.24, 2.45) is 5.92 Å². The highest BCUT2D eigenvalue weighted by atomic mass is 16.3. The average molecular weight is 196 g/mol. The lowest BCUT2D eigenvalue weighted by Gasteiger charge is -2.11. The first-order chi connectivity index (χ1) is 6.86. The van der Waals surface area contributed by atoms with Crippen LogP contribution in [-0.4, -0.2) is 29.8 Å². The van der Waals surface area contributed by atoms with Crippen LogP contribution in [0.25, 0.3) is 0 Å². The third-order valence-electron chi connectivity index (χ3n) is 2.52. The highest BCUT2D eigenvalue weighted by molar-refractivity contribution is 5.08. The lowest BCUT2D eigenvalue weighted by atomic mass is 10.1. The number of aromatic amines is 1. The first kappa shape index (κ1) is 11.3. The standard InChI is InChI=1S/C11H20N2O/c1-2-10(9-14)7-12-5-3-11-4-6-13-8-11/h4,6,8,10,12-14H,2-3,5,7,9H2,1H3. The number of hydrogen-bond donors (Lipinski definition) is 3. The van der Waals surface area contributed by atoms with Crippen molar-refractivity contribution < 1.29 is 5.11 Å². The van der Waals surface area contributed by atoms with Gasteiger partial charge in [-0.25, -0.2) is 0 Å². The van der Waals surface area contributed by atoms with Gasteiger partial charge in [-0.1, -0.05) is 6.92 Å². The van der Waals surface area contributed by atoms with Gasteiger partial charge < -0.3 is 15.4 Å². The molecule has 1 atom stereocenters. The summed E-state index contributed by atoms with van der Waals surface area (Å²) in [7, 11) is 0. The third-order valence-corrected chi connectivity index (χ3v) is 2.52. The van der Waals surface area contributed by atoms with Crippen LogP contribution in [0.15, 0.2) is 18.5 Å². The Morgan fingerprint density at radius 1 is 1.57 bits per heavy atom. The fourth-order valence-corrected chi connectivity index (χ4v) is 1.39. The molecule has 0 aliphatic carbocycles. The summed E-state index contributed by atoms with van der Waals surface area (Å²) >= 11 is 0. The molecule has 3 nitrogen and oxygen atoms in total. The zero-order valence-corrected chi connectivity index (χ0v) is 8.79. The third kappa shape index (κ3) is 3.94. The maximum Gasteiger partial charge on any atom is 0.0471 e. The first-order valence-electron chi connectivity index (χ1n) is 5.30. The fourth-order valence-electron chi connectivity index (χ4n) is 1.39. The van der Waals surface area contributed by atoms with Gasteiger partial charge in [-0.15, -0.1) is 0 Å². The highest BCUT2D eigenvalue weighted by Gasteiger charge is 2.02. The molecule has 3 N–H and O–H groups in total. The monoisotopic (exact) mass is 196 g/mol. The minimum Gasteiger partial charge on any atom is -0.396 e. The Balaban J connectivity index is 2.04. The van der Waals surface area contributed by atoms with Gasteiger partial charge in [-0.05, 0) is 36.9 Å². The SMILES string of the molecule is CCC(CO)CNCCc1cc[nH]c1. The number of H-pyrrole nitrogens is 1. The van der Waals surface area contributed by atoms with E-state index in [4.69, 9.17) is 5.11 Å². The second kappa shape index (κ2) is 6.62. The van der Waals surface area contributed by atoms with Crippen LogP contribution in [0, 0.1) is 5.92 Å². The maximum absolute atomic E-state index is 8.96. The maximum atomic E-state index is 8.96. The molecule has 0 fully saturated rings. The summed E-state index contributed by atoms with van der Waals surface area (Å²) in [5.41, 5.74) is 1.33. The molecule has 0 aliphatic rings. The molecule has 0 aliphatic heterocycles. The molecule has 0 bridgehead atoms. The van der Waals surface area contributed by atoms with Gasteiger partial charge in [-0.3, -0.25) is 0 Å². The van der Waals surface area contributed by atoms with E-state index in [-0.39, 0.29) is 6.61 Å². The summed E-state index contributed by atoms with van der Waals surface area (Å²) < 4.78 is 0. The van der Waals surface area contributed by atoms with E-state index in [1.807, 2.05) is 12.4 Å². The van der Waals surface area contributed by atoms with E-state index < -0.39 is 0 Å². The van der Waals surface area contributed by atoms with Gasteiger partial charge in [0.15, 0.2) is 0 Å². The van der Waals surface area contributed by atoms with Crippen LogP contribution in [-0.2, 0) is 6.42 Å². The number of rotatable bonds is 7. The number of aromatic nitrogens is 1. The molecule has 3 heteroatoms. The van der Waals surface area contributed by atoms with E-state index in [2.05, 4.69) is 23.3 Å². The zero-order chi connectivity index (χ0) is 10.2. The van der Waals surface area contributed by atoms with E-state index in [9.17, 15) is 0 Å². The summed E-state index contributed by atoms with van der Waals surface area (Å²) in [6.45, 7) is 4.29. The van der Waals surface area contributed by atoms with E-state index >= 15 is 0 Å². The molecule has 0 saturated carbocycles. The molecule has 1 unspecified atom stereocenters. The van der Waals surface area contributed by atoms with Crippen molar-refractivity contribution in [2.75, 3.05) is 19.7 Å². The van der Waals surface area contributed by atoms with Crippen LogP contribution in [0.1, 0.15) is 18.9 Å². The molecule has 1 aromatic heterocycles. The molecule has 0 spiro atoms. The Morgan fingerprint density at radius 2 is 2.43 bits per heavy atom. The largest absolute Gasteiger partial charge is 0.396 e. The van der Waals surface area contributed by atoms with E-state index in [0.29, 0.717) is 5.92 Å². The smallest absolute Gasteiger partial charge is 0.0471 e. The van der Waals surface area contributed by atoms with Crippen molar-refractivity contribution in [1.82, 2.24) is 10.3 Å². The van der Waals surface area contributed by atoms with Crippen molar-refractivity contribution in [3.63, 3.8) is 0 Å². The van der Waals surface area contributed by atoms with Crippen molar-refractivity contribution in [2.45, 2.75) is 19.8 Å². The molecule has 0 aromatic carbocycles. The van der Waals surface area contributed by atoms with Crippen LogP contribution in [0.3, 0.4) is 0 Å². The van der Waals surface area contributed by atoms with Gasteiger partial charge in [0.2, 0.25) is 0 Å². The highest BCUT2D eigenvalue weighted by Crippen LogP contribution is 1.99. The fraction of sp³-hybridized carbons (Fsp3) is 0.636. The first-order valence-corrected chi connectivity index (χ1v) is 5.30. The predicted octanol–water partition coefficient (Wildman–Crippen LogP) is 1.17. The molecule has 0 radical (unpaired) electrons. The predicted molar refractivity (Wildman–Crippen MR) is 58.2 cm³/mol. The zero-order valence-electron chi connectivity index (χ0n) is 8.79. The summed E-state index contributed by atoms with van der Waals surface area (Å²) in [6, 6.07) is 2.09. The van der Waals surface area contributed by atoms with Gasteiger partial charge in [0.25, 0.3) is 0 Å². The molecular formula is C11H20N2O. The Bertz CT molecular complexity index is 217. The van der Waals surface area contributed by atoms with Crippen molar-refractivity contribution in [3.8, 4) is 0 Å². The topological polar surface area (TPSA) is 48.0 Å². The van der Waals surface area contributed by atoms with Crippen molar-refractivity contribution in [1.29, 1.82) is 0 Å². The summed E-state index contributed by atoms with van der Waals surface area (Å²) in [5, 5.41) is 12.3. The minimum absolute atomic E-state index is 0.285. The molecule has 1 heterocycles. The van der Waals surface area contributed by atoms with Gasteiger partial charge in [0, 0.05) is 25.5 Å². The van der Waals surface area contributed by atoms with Crippen molar-refractivity contribution in [3.05, 3.63) is 24.0 Å². The van der Waals surface area contributed by atoms with Crippen LogP contribution in [0.5, 0.6) is 0 Å². The van der Waals surface area contributed by atoms with E-state index in [0.717, 1.165) is 25.9 Å². The lowest BCUT2D eigenvalue weighted by Crippen LogP contribution is -2.26. The molecular weight excluding hydrogens is 176 g/mol. The number of aliphatic hydroxyl groups excluding tert-OH is 1. The van der Waals surface area contributed by atoms with Crippen molar-refractivity contribution >= 4 is 0 Å². The average Bonchev–Trinajstić information content (AvgIpc) is 2.71. The molecule has 14 heavy (non-hydrogen) atoms. The van der Waals surface area contributed by atoms with E-state index in [1.165, 1.54) is 5.56 Å². The Labute approximate surface area is 85.5 Å². The Hall–Kier alpha value is -0.800. The summed E-state index contributed by atoms with van der Waals surface area (Å²) in [5.74, 6) is 0.404. The second-order valence-electron chi connectivity index (χ2n) is 3.63. The Kier molecular flexibility index (Phi) is 5.33. The van der Waals surface area contributed by atoms with Crippen LogP contribution < -0.4 is 5.32 Å². The number of nitrogens with one attached hydrogen (secondary N) is 2. The van der Waals surface area contributed by atoms with Gasteiger partial charge in [0.05, 0.1) is 0 Å². The van der Waals surface area contributed by atoms with E-state index in [1.54, 1.807) is 0 Å². The molecule has 80 valence electrons.